The predicted octanol–water partition coefficient (Wildman–Crippen LogP) is 2.12. The lowest BCUT2D eigenvalue weighted by Crippen LogP contribution is -2.17. The number of aromatic amines is 1. The molecule has 0 saturated carbocycles. The Morgan fingerprint density at radius 2 is 2.47 bits per heavy atom. The van der Waals surface area contributed by atoms with Gasteiger partial charge in [-0.05, 0) is 50.3 Å². The number of imidazole rings is 1. The van der Waals surface area contributed by atoms with Crippen molar-refractivity contribution in [2.45, 2.75) is 25.7 Å². The average Bonchev–Trinajstić information content (AvgIpc) is 2.97. The fraction of sp³-hybridized carbons (Fsp3) is 0.462. The van der Waals surface area contributed by atoms with E-state index >= 15 is 0 Å². The fourth-order valence-electron chi connectivity index (χ4n) is 2.56. The van der Waals surface area contributed by atoms with Crippen molar-refractivity contribution in [1.82, 2.24) is 9.97 Å². The maximum Gasteiger partial charge on any atom is 0.173 e. The number of nitrogens with zero attached hydrogens (tertiary/aromatic N) is 1. The van der Waals surface area contributed by atoms with E-state index in [0.29, 0.717) is 5.92 Å². The van der Waals surface area contributed by atoms with Crippen LogP contribution in [0.3, 0.4) is 0 Å². The van der Waals surface area contributed by atoms with Gasteiger partial charge in [0.15, 0.2) is 11.6 Å². The summed E-state index contributed by atoms with van der Waals surface area (Å²) in [4.78, 5) is 7.99. The molecule has 0 fully saturated rings. The van der Waals surface area contributed by atoms with Crippen molar-refractivity contribution in [3.8, 4) is 11.6 Å². The van der Waals surface area contributed by atoms with Crippen molar-refractivity contribution < 1.29 is 4.42 Å². The predicted molar refractivity (Wildman–Crippen MR) is 65.5 cm³/mol. The van der Waals surface area contributed by atoms with Crippen molar-refractivity contribution in [2.24, 2.45) is 11.7 Å². The highest BCUT2D eigenvalue weighted by Gasteiger charge is 2.22. The third-order valence-corrected chi connectivity index (χ3v) is 3.48. The standard InChI is InChI=1S/C13H17N3O/c14-6-5-9-3-4-10-11(8-9)16-13(15-10)12-2-1-7-17-12/h1-2,7,9H,3-6,8,14H2,(H,15,16). The third-order valence-electron chi connectivity index (χ3n) is 3.48. The van der Waals surface area contributed by atoms with Gasteiger partial charge >= 0.3 is 0 Å². The first-order valence-electron chi connectivity index (χ1n) is 6.18. The summed E-state index contributed by atoms with van der Waals surface area (Å²) in [6.45, 7) is 0.777. The van der Waals surface area contributed by atoms with Crippen molar-refractivity contribution in [1.29, 1.82) is 0 Å². The summed E-state index contributed by atoms with van der Waals surface area (Å²) in [6.07, 6.45) is 6.10. The van der Waals surface area contributed by atoms with Crippen LogP contribution < -0.4 is 5.73 Å². The van der Waals surface area contributed by atoms with Gasteiger partial charge in [0.2, 0.25) is 0 Å². The second kappa shape index (κ2) is 4.37. The molecule has 2 heterocycles. The van der Waals surface area contributed by atoms with Gasteiger partial charge in [0, 0.05) is 5.69 Å². The van der Waals surface area contributed by atoms with Crippen LogP contribution in [0.15, 0.2) is 22.8 Å². The van der Waals surface area contributed by atoms with Gasteiger partial charge in [-0.1, -0.05) is 0 Å². The van der Waals surface area contributed by atoms with E-state index in [9.17, 15) is 0 Å². The number of fused-ring (bicyclic) bond motifs is 1. The summed E-state index contributed by atoms with van der Waals surface area (Å²) in [7, 11) is 0. The summed E-state index contributed by atoms with van der Waals surface area (Å²) in [5.74, 6) is 2.38. The van der Waals surface area contributed by atoms with Crippen molar-refractivity contribution >= 4 is 0 Å². The Morgan fingerprint density at radius 1 is 1.53 bits per heavy atom. The monoisotopic (exact) mass is 231 g/mol. The van der Waals surface area contributed by atoms with E-state index in [4.69, 9.17) is 10.2 Å². The molecule has 0 saturated heterocycles. The van der Waals surface area contributed by atoms with Gasteiger partial charge in [-0.15, -0.1) is 0 Å². The van der Waals surface area contributed by atoms with E-state index in [1.807, 2.05) is 12.1 Å². The largest absolute Gasteiger partial charge is 0.461 e. The van der Waals surface area contributed by atoms with Crippen LogP contribution in [0, 0.1) is 5.92 Å². The molecule has 0 bridgehead atoms. The molecule has 1 aliphatic rings. The SMILES string of the molecule is NCCC1CCc2nc(-c3ccco3)[nH]c2C1. The molecule has 4 nitrogen and oxygen atoms in total. The summed E-state index contributed by atoms with van der Waals surface area (Å²) >= 11 is 0. The van der Waals surface area contributed by atoms with Crippen LogP contribution in [0.2, 0.25) is 0 Å². The zero-order valence-electron chi connectivity index (χ0n) is 9.78. The van der Waals surface area contributed by atoms with Crippen LogP contribution in [-0.4, -0.2) is 16.5 Å². The van der Waals surface area contributed by atoms with E-state index in [-0.39, 0.29) is 0 Å². The summed E-state index contributed by atoms with van der Waals surface area (Å²) in [6, 6.07) is 3.82. The lowest BCUT2D eigenvalue weighted by atomic mass is 9.87. The third kappa shape index (κ3) is 2.00. The molecule has 2 aromatic rings. The Bertz CT molecular complexity index is 487. The highest BCUT2D eigenvalue weighted by atomic mass is 16.3. The molecule has 1 aliphatic carbocycles. The first-order valence-corrected chi connectivity index (χ1v) is 6.18. The van der Waals surface area contributed by atoms with Gasteiger partial charge < -0.3 is 15.1 Å². The van der Waals surface area contributed by atoms with E-state index in [1.165, 1.54) is 17.8 Å². The molecule has 2 aromatic heterocycles. The molecular formula is C13H17N3O. The van der Waals surface area contributed by atoms with Gasteiger partial charge in [-0.25, -0.2) is 4.98 Å². The number of H-pyrrole nitrogens is 1. The van der Waals surface area contributed by atoms with Crippen molar-refractivity contribution in [2.75, 3.05) is 6.54 Å². The highest BCUT2D eigenvalue weighted by Crippen LogP contribution is 2.28. The molecule has 0 radical (unpaired) electrons. The van der Waals surface area contributed by atoms with Gasteiger partial charge in [0.1, 0.15) is 0 Å². The van der Waals surface area contributed by atoms with Crippen LogP contribution >= 0.6 is 0 Å². The van der Waals surface area contributed by atoms with Crippen LogP contribution in [0.25, 0.3) is 11.6 Å². The van der Waals surface area contributed by atoms with E-state index in [2.05, 4.69) is 9.97 Å². The van der Waals surface area contributed by atoms with E-state index in [1.54, 1.807) is 6.26 Å². The Balaban J connectivity index is 1.84. The second-order valence-electron chi connectivity index (χ2n) is 4.67. The normalized spacial score (nSPS) is 19.2. The molecule has 0 spiro atoms. The van der Waals surface area contributed by atoms with Crippen molar-refractivity contribution in [3.05, 3.63) is 29.8 Å². The molecule has 1 atom stereocenters. The number of nitrogens with one attached hydrogen (secondary N) is 1. The molecule has 3 N–H and O–H groups in total. The fourth-order valence-corrected chi connectivity index (χ4v) is 2.56. The Hall–Kier alpha value is -1.55. The van der Waals surface area contributed by atoms with E-state index < -0.39 is 0 Å². The molecular weight excluding hydrogens is 214 g/mol. The molecule has 1 unspecified atom stereocenters. The first-order chi connectivity index (χ1) is 8.36. The molecule has 17 heavy (non-hydrogen) atoms. The Morgan fingerprint density at radius 3 is 3.24 bits per heavy atom. The van der Waals surface area contributed by atoms with E-state index in [0.717, 1.165) is 37.4 Å². The minimum Gasteiger partial charge on any atom is -0.461 e. The number of aryl methyl sites for hydroxylation is 1. The second-order valence-corrected chi connectivity index (χ2v) is 4.67. The van der Waals surface area contributed by atoms with Gasteiger partial charge in [0.05, 0.1) is 12.0 Å². The van der Waals surface area contributed by atoms with Gasteiger partial charge in [-0.3, -0.25) is 0 Å². The van der Waals surface area contributed by atoms with Crippen LogP contribution in [0.4, 0.5) is 0 Å². The number of nitrogens with two attached hydrogens (primary N) is 1. The van der Waals surface area contributed by atoms with Gasteiger partial charge in [0.25, 0.3) is 0 Å². The first kappa shape index (κ1) is 10.6. The molecule has 0 amide bonds. The number of rotatable bonds is 3. The van der Waals surface area contributed by atoms with Crippen LogP contribution in [0.5, 0.6) is 0 Å². The molecule has 0 aromatic carbocycles. The minimum absolute atomic E-state index is 0.706. The number of furan rings is 1. The Kier molecular flexibility index (Phi) is 2.73. The van der Waals surface area contributed by atoms with Crippen LogP contribution in [-0.2, 0) is 12.8 Å². The smallest absolute Gasteiger partial charge is 0.173 e. The number of hydrogen-bond acceptors (Lipinski definition) is 3. The van der Waals surface area contributed by atoms with Crippen LogP contribution in [0.1, 0.15) is 24.2 Å². The Labute approximate surface area is 100 Å². The highest BCUT2D eigenvalue weighted by molar-refractivity contribution is 5.48. The lowest BCUT2D eigenvalue weighted by molar-refractivity contribution is 0.426. The summed E-state index contributed by atoms with van der Waals surface area (Å²) in [5.41, 5.74) is 8.08. The number of aromatic nitrogens is 2. The average molecular weight is 231 g/mol. The molecule has 0 aliphatic heterocycles. The topological polar surface area (TPSA) is 67.8 Å². The quantitative estimate of drug-likeness (QED) is 0.850. The maximum atomic E-state index is 5.62. The zero-order valence-corrected chi connectivity index (χ0v) is 9.78. The maximum absolute atomic E-state index is 5.62. The lowest BCUT2D eigenvalue weighted by Gasteiger charge is -2.20. The molecule has 90 valence electrons. The zero-order chi connectivity index (χ0) is 11.7. The molecule has 3 rings (SSSR count). The van der Waals surface area contributed by atoms with Gasteiger partial charge in [-0.2, -0.15) is 0 Å². The van der Waals surface area contributed by atoms with Crippen molar-refractivity contribution in [3.63, 3.8) is 0 Å². The molecule has 4 heteroatoms. The number of hydrogen-bond donors (Lipinski definition) is 2. The minimum atomic E-state index is 0.706. The summed E-state index contributed by atoms with van der Waals surface area (Å²) < 4.78 is 5.36. The summed E-state index contributed by atoms with van der Waals surface area (Å²) in [5, 5.41) is 0.